The minimum absolute atomic E-state index is 0.0111. The van der Waals surface area contributed by atoms with Crippen LogP contribution in [0.25, 0.3) is 0 Å². The van der Waals surface area contributed by atoms with E-state index in [0.717, 1.165) is 18.4 Å². The van der Waals surface area contributed by atoms with Gasteiger partial charge in [0, 0.05) is 5.92 Å². The lowest BCUT2D eigenvalue weighted by Gasteiger charge is -2.27. The molecule has 1 atom stereocenters. The molecular formula is C17H32O. The van der Waals surface area contributed by atoms with Crippen molar-refractivity contribution in [1.82, 2.24) is 0 Å². The first-order chi connectivity index (χ1) is 8.15. The Kier molecular flexibility index (Phi) is 6.73. The molecule has 1 heteroatoms. The molecule has 1 nitrogen and oxygen atoms in total. The summed E-state index contributed by atoms with van der Waals surface area (Å²) in [5, 5.41) is 10.6. The van der Waals surface area contributed by atoms with Crippen LogP contribution in [0.3, 0.4) is 0 Å². The van der Waals surface area contributed by atoms with Gasteiger partial charge in [-0.25, -0.2) is 0 Å². The zero-order chi connectivity index (χ0) is 14.5. The zero-order valence-electron chi connectivity index (χ0n) is 13.6. The number of allylic oxidation sites excluding steroid dienone is 4. The maximum atomic E-state index is 10.6. The first-order valence-electron chi connectivity index (χ1n) is 7.28. The monoisotopic (exact) mass is 252 g/mol. The van der Waals surface area contributed by atoms with Crippen LogP contribution in [0.5, 0.6) is 0 Å². The highest BCUT2D eigenvalue weighted by atomic mass is 16.3. The van der Waals surface area contributed by atoms with Crippen LogP contribution in [0.15, 0.2) is 23.0 Å². The predicted octanol–water partition coefficient (Wildman–Crippen LogP) is 5.88. The molecule has 0 rings (SSSR count). The van der Waals surface area contributed by atoms with Gasteiger partial charge in [0.25, 0.3) is 0 Å². The lowest BCUT2D eigenvalue weighted by atomic mass is 9.80. The molecule has 1 unspecified atom stereocenters. The molecule has 1 N–H and O–H groups in total. The summed E-state index contributed by atoms with van der Waals surface area (Å²) >= 11 is 0. The second kappa shape index (κ2) is 7.01. The predicted molar refractivity (Wildman–Crippen MR) is 81.8 cm³/mol. The van der Waals surface area contributed by atoms with Crippen LogP contribution in [0.2, 0.25) is 0 Å². The third-order valence-corrected chi connectivity index (χ3v) is 3.77. The Morgan fingerprint density at radius 2 is 1.50 bits per heavy atom. The zero-order valence-corrected chi connectivity index (χ0v) is 13.6. The molecule has 0 saturated carbocycles. The van der Waals surface area contributed by atoms with E-state index in [1.54, 1.807) is 0 Å². The van der Waals surface area contributed by atoms with E-state index >= 15 is 0 Å². The van der Waals surface area contributed by atoms with Crippen molar-refractivity contribution < 1.29 is 5.11 Å². The summed E-state index contributed by atoms with van der Waals surface area (Å²) in [6, 6.07) is 0. The fraction of sp³-hybridized carbons (Fsp3) is 0.765. The average molecular weight is 252 g/mol. The summed E-state index contributed by atoms with van der Waals surface area (Å²) in [6.45, 7) is 17.3. The van der Waals surface area contributed by atoms with Gasteiger partial charge in [0.1, 0.15) is 0 Å². The van der Waals surface area contributed by atoms with E-state index in [-0.39, 0.29) is 11.3 Å². The minimum atomic E-state index is -0.0111. The summed E-state index contributed by atoms with van der Waals surface area (Å²) in [4.78, 5) is 0. The van der Waals surface area contributed by atoms with E-state index in [1.807, 2.05) is 0 Å². The Hall–Kier alpha value is -0.720. The lowest BCUT2D eigenvalue weighted by Crippen LogP contribution is -2.17. The van der Waals surface area contributed by atoms with E-state index in [1.165, 1.54) is 5.57 Å². The topological polar surface area (TPSA) is 20.2 Å². The van der Waals surface area contributed by atoms with Gasteiger partial charge in [-0.1, -0.05) is 67.0 Å². The minimum Gasteiger partial charge on any atom is -0.512 e. The van der Waals surface area contributed by atoms with E-state index in [4.69, 9.17) is 0 Å². The Morgan fingerprint density at radius 1 is 1.06 bits per heavy atom. The molecule has 0 aromatic carbocycles. The molecule has 18 heavy (non-hydrogen) atoms. The second-order valence-electron chi connectivity index (χ2n) is 6.59. The molecule has 0 heterocycles. The van der Waals surface area contributed by atoms with Gasteiger partial charge < -0.3 is 5.11 Å². The quantitative estimate of drug-likeness (QED) is 0.478. The van der Waals surface area contributed by atoms with Crippen LogP contribution < -0.4 is 0 Å². The summed E-state index contributed by atoms with van der Waals surface area (Å²) in [7, 11) is 0. The largest absolute Gasteiger partial charge is 0.512 e. The van der Waals surface area contributed by atoms with Crippen LogP contribution in [0, 0.1) is 17.3 Å². The fourth-order valence-corrected chi connectivity index (χ4v) is 1.89. The van der Waals surface area contributed by atoms with Crippen molar-refractivity contribution >= 4 is 0 Å². The maximum Gasteiger partial charge on any atom is 0.0990 e. The summed E-state index contributed by atoms with van der Waals surface area (Å²) in [5.41, 5.74) is 2.49. The lowest BCUT2D eigenvalue weighted by molar-refractivity contribution is 0.279. The highest BCUT2D eigenvalue weighted by molar-refractivity contribution is 5.31. The van der Waals surface area contributed by atoms with Gasteiger partial charge in [-0.3, -0.25) is 0 Å². The molecule has 0 radical (unpaired) electrons. The van der Waals surface area contributed by atoms with Crippen LogP contribution in [0.4, 0.5) is 0 Å². The molecule has 0 saturated heterocycles. The highest BCUT2D eigenvalue weighted by Gasteiger charge is 2.24. The molecule has 0 aromatic rings. The fourth-order valence-electron chi connectivity index (χ4n) is 1.89. The molecule has 0 aliphatic heterocycles. The standard InChI is InChI=1S/C17H32O/c1-9-14(10-2)11-15(17(6,7)8)16(18)13(5)12(3)4/h11-13,18H,9-10H2,1-8H3/b16-15-. The Morgan fingerprint density at radius 3 is 1.78 bits per heavy atom. The maximum absolute atomic E-state index is 10.6. The third-order valence-electron chi connectivity index (χ3n) is 3.77. The molecule has 0 fully saturated rings. The molecular weight excluding hydrogens is 220 g/mol. The Bertz CT molecular complexity index is 307. The summed E-state index contributed by atoms with van der Waals surface area (Å²) in [6.07, 6.45) is 4.33. The third kappa shape index (κ3) is 4.88. The van der Waals surface area contributed by atoms with Gasteiger partial charge in [0.15, 0.2) is 0 Å². The van der Waals surface area contributed by atoms with Crippen LogP contribution in [-0.2, 0) is 0 Å². The number of rotatable bonds is 5. The Labute approximate surface area is 114 Å². The number of hydrogen-bond acceptors (Lipinski definition) is 1. The SMILES string of the molecule is CCC(=C/C(=C(/O)C(C)C(C)C)C(C)(C)C)CC. The molecule has 0 spiro atoms. The summed E-state index contributed by atoms with van der Waals surface area (Å²) in [5.74, 6) is 1.24. The smallest absolute Gasteiger partial charge is 0.0990 e. The van der Waals surface area contributed by atoms with Gasteiger partial charge in [0.2, 0.25) is 0 Å². The van der Waals surface area contributed by atoms with Gasteiger partial charge in [-0.05, 0) is 29.7 Å². The van der Waals surface area contributed by atoms with Crippen LogP contribution >= 0.6 is 0 Å². The van der Waals surface area contributed by atoms with Crippen molar-refractivity contribution in [3.8, 4) is 0 Å². The van der Waals surface area contributed by atoms with E-state index in [2.05, 4.69) is 61.5 Å². The van der Waals surface area contributed by atoms with Crippen molar-refractivity contribution in [2.24, 2.45) is 17.3 Å². The molecule has 106 valence electrons. The van der Waals surface area contributed by atoms with Crippen molar-refractivity contribution in [3.05, 3.63) is 23.0 Å². The Balaban J connectivity index is 5.64. The molecule has 0 aliphatic rings. The normalized spacial score (nSPS) is 15.4. The van der Waals surface area contributed by atoms with Crippen LogP contribution in [-0.4, -0.2) is 5.11 Å². The molecule has 0 aliphatic carbocycles. The first-order valence-corrected chi connectivity index (χ1v) is 7.28. The second-order valence-corrected chi connectivity index (χ2v) is 6.59. The van der Waals surface area contributed by atoms with E-state index in [9.17, 15) is 5.11 Å². The molecule has 0 aromatic heterocycles. The van der Waals surface area contributed by atoms with Crippen molar-refractivity contribution in [3.63, 3.8) is 0 Å². The number of hydrogen-bond donors (Lipinski definition) is 1. The molecule has 0 amide bonds. The van der Waals surface area contributed by atoms with Crippen molar-refractivity contribution in [2.45, 2.75) is 68.2 Å². The van der Waals surface area contributed by atoms with Crippen molar-refractivity contribution in [2.75, 3.05) is 0 Å². The highest BCUT2D eigenvalue weighted by Crippen LogP contribution is 2.34. The van der Waals surface area contributed by atoms with Crippen molar-refractivity contribution in [1.29, 1.82) is 0 Å². The van der Waals surface area contributed by atoms with E-state index < -0.39 is 0 Å². The van der Waals surface area contributed by atoms with Crippen LogP contribution in [0.1, 0.15) is 68.2 Å². The summed E-state index contributed by atoms with van der Waals surface area (Å²) < 4.78 is 0. The number of aliphatic hydroxyl groups excluding tert-OH is 1. The first kappa shape index (κ1) is 17.3. The number of aliphatic hydroxyl groups is 1. The van der Waals surface area contributed by atoms with Gasteiger partial charge in [0.05, 0.1) is 5.76 Å². The van der Waals surface area contributed by atoms with Gasteiger partial charge >= 0.3 is 0 Å². The van der Waals surface area contributed by atoms with Gasteiger partial charge in [-0.15, -0.1) is 0 Å². The van der Waals surface area contributed by atoms with E-state index in [0.29, 0.717) is 11.7 Å². The average Bonchev–Trinajstić information content (AvgIpc) is 2.27. The van der Waals surface area contributed by atoms with Gasteiger partial charge in [-0.2, -0.15) is 0 Å². The molecule has 0 bridgehead atoms.